The van der Waals surface area contributed by atoms with Crippen molar-refractivity contribution in [2.45, 2.75) is 20.8 Å². The fourth-order valence-corrected chi connectivity index (χ4v) is 3.74. The number of nitriles is 1. The van der Waals surface area contributed by atoms with Crippen LogP contribution < -0.4 is 14.8 Å². The predicted octanol–water partition coefficient (Wildman–Crippen LogP) is 6.35. The van der Waals surface area contributed by atoms with Gasteiger partial charge in [0.05, 0.1) is 28.2 Å². The predicted molar refractivity (Wildman–Crippen MR) is 139 cm³/mol. The Morgan fingerprint density at radius 2 is 1.86 bits per heavy atom. The molecule has 0 bridgehead atoms. The van der Waals surface area contributed by atoms with Gasteiger partial charge in [0.1, 0.15) is 0 Å². The molecule has 36 heavy (non-hydrogen) atoms. The van der Waals surface area contributed by atoms with Crippen LogP contribution in [-0.2, 0) is 4.79 Å². The Balaban J connectivity index is 1.81. The second-order valence-electron chi connectivity index (χ2n) is 7.89. The van der Waals surface area contributed by atoms with Crippen molar-refractivity contribution in [2.24, 2.45) is 0 Å². The van der Waals surface area contributed by atoms with E-state index in [2.05, 4.69) is 11.4 Å². The van der Waals surface area contributed by atoms with Crippen LogP contribution in [0.2, 0.25) is 5.02 Å². The number of anilines is 1. The van der Waals surface area contributed by atoms with Crippen molar-refractivity contribution in [3.63, 3.8) is 0 Å². The molecule has 0 aliphatic rings. The number of nitro groups is 1. The minimum atomic E-state index is -0.505. The lowest BCUT2D eigenvalue weighted by molar-refractivity contribution is -0.384. The number of benzene rings is 3. The number of hydrogen-bond acceptors (Lipinski definition) is 6. The summed E-state index contributed by atoms with van der Waals surface area (Å²) >= 11 is 6.46. The summed E-state index contributed by atoms with van der Waals surface area (Å²) < 4.78 is 11.4. The van der Waals surface area contributed by atoms with Crippen molar-refractivity contribution in [1.82, 2.24) is 0 Å². The van der Waals surface area contributed by atoms with Crippen molar-refractivity contribution in [1.29, 1.82) is 5.26 Å². The Kier molecular flexibility index (Phi) is 8.66. The number of nitro benzene ring substituents is 1. The number of nitrogens with zero attached hydrogens (tertiary/aromatic N) is 2. The van der Waals surface area contributed by atoms with Gasteiger partial charge in [0.25, 0.3) is 11.6 Å². The highest BCUT2D eigenvalue weighted by Crippen LogP contribution is 2.38. The largest absolute Gasteiger partial charge is 0.490 e. The molecule has 3 aromatic carbocycles. The van der Waals surface area contributed by atoms with Crippen LogP contribution in [0.15, 0.2) is 54.6 Å². The zero-order valence-corrected chi connectivity index (χ0v) is 20.8. The molecule has 0 aliphatic carbocycles. The number of ether oxygens (including phenoxy) is 2. The van der Waals surface area contributed by atoms with Gasteiger partial charge < -0.3 is 14.8 Å². The molecule has 1 N–H and O–H groups in total. The lowest BCUT2D eigenvalue weighted by Gasteiger charge is -2.15. The van der Waals surface area contributed by atoms with Gasteiger partial charge in [0.2, 0.25) is 0 Å². The molecule has 0 unspecified atom stereocenters. The van der Waals surface area contributed by atoms with Crippen LogP contribution in [-0.4, -0.2) is 24.0 Å². The Hall–Kier alpha value is -4.35. The van der Waals surface area contributed by atoms with Gasteiger partial charge in [-0.05, 0) is 73.9 Å². The summed E-state index contributed by atoms with van der Waals surface area (Å²) in [5.74, 6) is 0.172. The first-order chi connectivity index (χ1) is 17.2. The average molecular weight is 506 g/mol. The van der Waals surface area contributed by atoms with Gasteiger partial charge in [-0.25, -0.2) is 0 Å². The smallest absolute Gasteiger partial charge is 0.269 e. The zero-order chi connectivity index (χ0) is 26.2. The van der Waals surface area contributed by atoms with Gasteiger partial charge in [0, 0.05) is 17.8 Å². The minimum Gasteiger partial charge on any atom is -0.490 e. The Morgan fingerprint density at radius 3 is 2.47 bits per heavy atom. The van der Waals surface area contributed by atoms with Crippen LogP contribution in [0.5, 0.6) is 11.5 Å². The molecular formula is C27H24ClN3O5. The highest BCUT2D eigenvalue weighted by molar-refractivity contribution is 6.32. The molecule has 0 atom stereocenters. The molecule has 0 saturated carbocycles. The maximum Gasteiger partial charge on any atom is 0.269 e. The number of allylic oxidation sites excluding steroid dienone is 1. The summed E-state index contributed by atoms with van der Waals surface area (Å²) in [6.45, 7) is 5.72. The van der Waals surface area contributed by atoms with Crippen LogP contribution in [0.1, 0.15) is 29.2 Å². The molecule has 8 nitrogen and oxygen atoms in total. The van der Waals surface area contributed by atoms with E-state index < -0.39 is 4.92 Å². The van der Waals surface area contributed by atoms with Crippen molar-refractivity contribution in [2.75, 3.05) is 18.5 Å². The summed E-state index contributed by atoms with van der Waals surface area (Å²) in [6, 6.07) is 16.7. The molecular weight excluding hydrogens is 482 g/mol. The Morgan fingerprint density at radius 1 is 1.14 bits per heavy atom. The molecule has 3 aromatic rings. The third-order valence-electron chi connectivity index (χ3n) is 5.16. The van der Waals surface area contributed by atoms with E-state index in [9.17, 15) is 20.2 Å². The fourth-order valence-electron chi connectivity index (χ4n) is 3.46. The van der Waals surface area contributed by atoms with E-state index in [4.69, 9.17) is 21.1 Å². The minimum absolute atomic E-state index is 0.0687. The quantitative estimate of drug-likeness (QED) is 0.157. The summed E-state index contributed by atoms with van der Waals surface area (Å²) in [5.41, 5.74) is 4.02. The van der Waals surface area contributed by atoms with E-state index in [0.29, 0.717) is 29.2 Å². The number of halogens is 1. The molecule has 0 aromatic heterocycles. The molecule has 3 rings (SSSR count). The van der Waals surface area contributed by atoms with Gasteiger partial charge in [0.15, 0.2) is 18.1 Å². The first kappa shape index (κ1) is 26.3. The summed E-state index contributed by atoms with van der Waals surface area (Å²) in [7, 11) is 0. The molecule has 0 aliphatic heterocycles. The molecule has 0 fully saturated rings. The maximum atomic E-state index is 12.5. The van der Waals surface area contributed by atoms with Crippen LogP contribution >= 0.6 is 11.6 Å². The SMILES string of the molecule is CCOc1cc(/C=C(\C#N)c2ccc([N+](=O)[O-])cc2)cc(Cl)c1OCC(=O)Nc1ccc(C)cc1C. The monoisotopic (exact) mass is 505 g/mol. The topological polar surface area (TPSA) is 114 Å². The van der Waals surface area contributed by atoms with E-state index in [1.54, 1.807) is 25.1 Å². The van der Waals surface area contributed by atoms with E-state index in [-0.39, 0.29) is 34.5 Å². The van der Waals surface area contributed by atoms with Gasteiger partial charge in [-0.1, -0.05) is 29.3 Å². The number of aryl methyl sites for hydroxylation is 2. The third kappa shape index (κ3) is 6.62. The van der Waals surface area contributed by atoms with Crippen LogP contribution in [0, 0.1) is 35.3 Å². The second-order valence-corrected chi connectivity index (χ2v) is 8.30. The normalized spacial score (nSPS) is 10.9. The lowest BCUT2D eigenvalue weighted by atomic mass is 10.0. The van der Waals surface area contributed by atoms with Crippen LogP contribution in [0.3, 0.4) is 0 Å². The van der Waals surface area contributed by atoms with Gasteiger partial charge in [-0.2, -0.15) is 5.26 Å². The number of carbonyl (C=O) groups excluding carboxylic acids is 1. The maximum absolute atomic E-state index is 12.5. The van der Waals surface area contributed by atoms with Gasteiger partial charge in [-0.3, -0.25) is 14.9 Å². The number of carbonyl (C=O) groups is 1. The molecule has 0 heterocycles. The van der Waals surface area contributed by atoms with Crippen molar-refractivity contribution in [3.8, 4) is 17.6 Å². The van der Waals surface area contributed by atoms with Crippen molar-refractivity contribution >= 4 is 40.5 Å². The Bertz CT molecular complexity index is 1360. The third-order valence-corrected chi connectivity index (χ3v) is 5.44. The van der Waals surface area contributed by atoms with E-state index in [1.807, 2.05) is 32.0 Å². The average Bonchev–Trinajstić information content (AvgIpc) is 2.84. The van der Waals surface area contributed by atoms with Crippen LogP contribution in [0.4, 0.5) is 11.4 Å². The van der Waals surface area contributed by atoms with Gasteiger partial charge >= 0.3 is 0 Å². The number of hydrogen-bond donors (Lipinski definition) is 1. The van der Waals surface area contributed by atoms with Crippen molar-refractivity contribution in [3.05, 3.63) is 92.0 Å². The molecule has 1 amide bonds. The van der Waals surface area contributed by atoms with E-state index in [1.165, 1.54) is 24.3 Å². The second kappa shape index (κ2) is 11.9. The van der Waals surface area contributed by atoms with E-state index in [0.717, 1.165) is 11.1 Å². The summed E-state index contributed by atoms with van der Waals surface area (Å²) in [6.07, 6.45) is 1.59. The fraction of sp³-hybridized carbons (Fsp3) is 0.185. The first-order valence-corrected chi connectivity index (χ1v) is 11.4. The highest BCUT2D eigenvalue weighted by Gasteiger charge is 2.15. The summed E-state index contributed by atoms with van der Waals surface area (Å²) in [4.78, 5) is 22.9. The molecule has 0 spiro atoms. The first-order valence-electron chi connectivity index (χ1n) is 11.0. The zero-order valence-electron chi connectivity index (χ0n) is 20.0. The van der Waals surface area contributed by atoms with Gasteiger partial charge in [-0.15, -0.1) is 0 Å². The highest BCUT2D eigenvalue weighted by atomic mass is 35.5. The standard InChI is InChI=1S/C27H24ClN3O5/c1-4-35-25-14-19(12-21(15-29)20-6-8-22(9-7-20)31(33)34)13-23(28)27(25)36-16-26(32)30-24-10-5-17(2)11-18(24)3/h5-14H,4,16H2,1-3H3,(H,30,32)/b21-12+. The number of non-ortho nitro benzene ring substituents is 1. The molecule has 184 valence electrons. The number of amides is 1. The van der Waals surface area contributed by atoms with E-state index >= 15 is 0 Å². The Labute approximate surface area is 213 Å². The molecule has 0 radical (unpaired) electrons. The molecule has 9 heteroatoms. The number of rotatable bonds is 9. The number of nitrogens with one attached hydrogen (secondary N) is 1. The van der Waals surface area contributed by atoms with Crippen LogP contribution in [0.25, 0.3) is 11.6 Å². The molecule has 0 saturated heterocycles. The lowest BCUT2D eigenvalue weighted by Crippen LogP contribution is -2.21. The summed E-state index contributed by atoms with van der Waals surface area (Å²) in [5, 5.41) is 23.5. The van der Waals surface area contributed by atoms with Crippen molar-refractivity contribution < 1.29 is 19.2 Å².